The lowest BCUT2D eigenvalue weighted by Gasteiger charge is -2.45. The van der Waals surface area contributed by atoms with E-state index in [4.69, 9.17) is 4.43 Å². The maximum Gasteiger partial charge on any atom is 0.251 e. The van der Waals surface area contributed by atoms with Gasteiger partial charge in [0.05, 0.1) is 6.04 Å². The number of halogens is 1. The van der Waals surface area contributed by atoms with Crippen molar-refractivity contribution in [3.8, 4) is 0 Å². The molecule has 1 aromatic carbocycles. The van der Waals surface area contributed by atoms with E-state index in [9.17, 15) is 4.79 Å². The van der Waals surface area contributed by atoms with Crippen molar-refractivity contribution < 1.29 is 9.22 Å². The van der Waals surface area contributed by atoms with Crippen LogP contribution in [-0.2, 0) is 9.22 Å². The minimum Gasteiger partial charge on any atom is -0.403 e. The SMILES string of the molecule is CC(C)(C)[Si](C)(C)O[C@H]1C(=O)N[C@H]1c1cccc(I)c1. The number of hydrogen-bond donors (Lipinski definition) is 1. The molecule has 1 heterocycles. The first-order valence-corrected chi connectivity index (χ1v) is 10.8. The van der Waals surface area contributed by atoms with Gasteiger partial charge in [0.2, 0.25) is 0 Å². The van der Waals surface area contributed by atoms with Gasteiger partial charge in [-0.05, 0) is 58.4 Å². The molecule has 1 fully saturated rings. The topological polar surface area (TPSA) is 38.3 Å². The summed E-state index contributed by atoms with van der Waals surface area (Å²) in [5.74, 6) is 0.0127. The number of rotatable bonds is 3. The van der Waals surface area contributed by atoms with Gasteiger partial charge in [-0.1, -0.05) is 32.9 Å². The first-order valence-electron chi connectivity index (χ1n) is 6.85. The fourth-order valence-corrected chi connectivity index (χ4v) is 3.74. The third-order valence-corrected chi connectivity index (χ3v) is 9.42. The smallest absolute Gasteiger partial charge is 0.251 e. The second-order valence-corrected chi connectivity index (χ2v) is 12.8. The van der Waals surface area contributed by atoms with Crippen molar-refractivity contribution in [1.82, 2.24) is 5.32 Å². The van der Waals surface area contributed by atoms with E-state index in [2.05, 4.69) is 67.8 Å². The predicted octanol–water partition coefficient (Wildman–Crippen LogP) is 3.85. The molecule has 1 N–H and O–H groups in total. The highest BCUT2D eigenvalue weighted by Gasteiger charge is 2.48. The van der Waals surface area contributed by atoms with Crippen LogP contribution < -0.4 is 5.32 Å². The van der Waals surface area contributed by atoms with Gasteiger partial charge in [0.1, 0.15) is 6.10 Å². The molecule has 0 saturated carbocycles. The molecule has 0 aromatic heterocycles. The van der Waals surface area contributed by atoms with Gasteiger partial charge in [-0.2, -0.15) is 0 Å². The van der Waals surface area contributed by atoms with Gasteiger partial charge in [0.15, 0.2) is 8.32 Å². The number of β-lactam (4-membered cyclic amide) rings is 1. The van der Waals surface area contributed by atoms with Gasteiger partial charge in [-0.25, -0.2) is 0 Å². The Hall–Kier alpha value is -0.403. The van der Waals surface area contributed by atoms with Crippen LogP contribution in [0.4, 0.5) is 0 Å². The highest BCUT2D eigenvalue weighted by molar-refractivity contribution is 14.1. The van der Waals surface area contributed by atoms with E-state index in [1.807, 2.05) is 18.2 Å². The Morgan fingerprint density at radius 2 is 1.95 bits per heavy atom. The van der Waals surface area contributed by atoms with Crippen LogP contribution in [0.25, 0.3) is 0 Å². The minimum atomic E-state index is -1.93. The predicted molar refractivity (Wildman–Crippen MR) is 92.1 cm³/mol. The zero-order chi connectivity index (χ0) is 15.1. The molecular weight excluding hydrogens is 381 g/mol. The van der Waals surface area contributed by atoms with Crippen LogP contribution >= 0.6 is 22.6 Å². The third kappa shape index (κ3) is 3.09. The Kier molecular flexibility index (Phi) is 4.33. The largest absolute Gasteiger partial charge is 0.403 e. The molecule has 0 spiro atoms. The van der Waals surface area contributed by atoms with Crippen LogP contribution in [0.3, 0.4) is 0 Å². The average Bonchev–Trinajstić information content (AvgIpc) is 2.32. The molecule has 20 heavy (non-hydrogen) atoms. The van der Waals surface area contributed by atoms with Crippen LogP contribution in [0.15, 0.2) is 24.3 Å². The van der Waals surface area contributed by atoms with Crippen molar-refractivity contribution in [2.45, 2.75) is 51.0 Å². The number of carbonyl (C=O) groups is 1. The molecule has 2 rings (SSSR count). The number of benzene rings is 1. The monoisotopic (exact) mass is 403 g/mol. The molecule has 110 valence electrons. The molecule has 0 unspecified atom stereocenters. The minimum absolute atomic E-state index is 0.00802. The van der Waals surface area contributed by atoms with E-state index in [0.717, 1.165) is 5.56 Å². The quantitative estimate of drug-likeness (QED) is 0.473. The van der Waals surface area contributed by atoms with E-state index < -0.39 is 8.32 Å². The average molecular weight is 403 g/mol. The lowest BCUT2D eigenvalue weighted by atomic mass is 9.94. The Balaban J connectivity index is 2.17. The molecule has 1 aliphatic rings. The lowest BCUT2D eigenvalue weighted by molar-refractivity contribution is -0.141. The van der Waals surface area contributed by atoms with Crippen LogP contribution in [0, 0.1) is 3.57 Å². The fourth-order valence-electron chi connectivity index (χ4n) is 1.94. The Morgan fingerprint density at radius 1 is 1.30 bits per heavy atom. The molecule has 0 bridgehead atoms. The van der Waals surface area contributed by atoms with Crippen molar-refractivity contribution >= 4 is 36.8 Å². The molecule has 3 nitrogen and oxygen atoms in total. The highest BCUT2D eigenvalue weighted by Crippen LogP contribution is 2.40. The molecular formula is C15H22INO2Si. The number of amides is 1. The van der Waals surface area contributed by atoms with Gasteiger partial charge in [-0.3, -0.25) is 4.79 Å². The van der Waals surface area contributed by atoms with Crippen LogP contribution in [0.1, 0.15) is 32.4 Å². The molecule has 1 amide bonds. The molecule has 1 aromatic rings. The van der Waals surface area contributed by atoms with Crippen LogP contribution in [0.5, 0.6) is 0 Å². The Bertz CT molecular complexity index is 525. The van der Waals surface area contributed by atoms with Crippen molar-refractivity contribution in [3.05, 3.63) is 33.4 Å². The second kappa shape index (κ2) is 5.42. The first kappa shape index (κ1) is 16.0. The van der Waals surface area contributed by atoms with Crippen LogP contribution in [-0.4, -0.2) is 20.3 Å². The van der Waals surface area contributed by atoms with E-state index in [1.54, 1.807) is 0 Å². The van der Waals surface area contributed by atoms with Gasteiger partial charge in [-0.15, -0.1) is 0 Å². The van der Waals surface area contributed by atoms with E-state index in [1.165, 1.54) is 3.57 Å². The van der Waals surface area contributed by atoms with Crippen molar-refractivity contribution in [2.24, 2.45) is 0 Å². The maximum absolute atomic E-state index is 11.9. The highest BCUT2D eigenvalue weighted by atomic mass is 127. The summed E-state index contributed by atoms with van der Waals surface area (Å²) in [5, 5.41) is 3.07. The van der Waals surface area contributed by atoms with E-state index in [0.29, 0.717) is 0 Å². The molecule has 1 aliphatic heterocycles. The maximum atomic E-state index is 11.9. The summed E-state index contributed by atoms with van der Waals surface area (Å²) in [4.78, 5) is 11.9. The number of carbonyl (C=O) groups excluding carboxylic acids is 1. The zero-order valence-electron chi connectivity index (χ0n) is 12.7. The molecule has 5 heteroatoms. The Morgan fingerprint density at radius 3 is 2.45 bits per heavy atom. The summed E-state index contributed by atoms with van der Waals surface area (Å²) in [6.07, 6.45) is -0.339. The number of hydrogen-bond acceptors (Lipinski definition) is 2. The summed E-state index contributed by atoms with van der Waals surface area (Å²) < 4.78 is 7.46. The lowest BCUT2D eigenvalue weighted by Crippen LogP contribution is -2.61. The first-order chi connectivity index (χ1) is 9.12. The standard InChI is InChI=1S/C15H22INO2Si/c1-15(2,3)20(4,5)19-13-12(17-14(13)18)10-7-6-8-11(16)9-10/h6-9,12-13H,1-5H3,(H,17,18)/t12-,13+/m0/s1. The van der Waals surface area contributed by atoms with E-state index >= 15 is 0 Å². The molecule has 0 aliphatic carbocycles. The van der Waals surface area contributed by atoms with Gasteiger partial charge in [0, 0.05) is 3.57 Å². The van der Waals surface area contributed by atoms with Gasteiger partial charge >= 0.3 is 0 Å². The normalized spacial score (nSPS) is 23.2. The van der Waals surface area contributed by atoms with Crippen molar-refractivity contribution in [1.29, 1.82) is 0 Å². The molecule has 0 radical (unpaired) electrons. The van der Waals surface area contributed by atoms with Crippen LogP contribution in [0.2, 0.25) is 18.1 Å². The zero-order valence-corrected chi connectivity index (χ0v) is 15.8. The van der Waals surface area contributed by atoms with Crippen molar-refractivity contribution in [2.75, 3.05) is 0 Å². The van der Waals surface area contributed by atoms with Crippen molar-refractivity contribution in [3.63, 3.8) is 0 Å². The van der Waals surface area contributed by atoms with Gasteiger partial charge < -0.3 is 9.74 Å². The second-order valence-electron chi connectivity index (χ2n) is 6.84. The Labute approximate surface area is 135 Å². The number of nitrogens with one attached hydrogen (secondary N) is 1. The fraction of sp³-hybridized carbons (Fsp3) is 0.533. The summed E-state index contributed by atoms with van der Waals surface area (Å²) >= 11 is 2.29. The summed E-state index contributed by atoms with van der Waals surface area (Å²) in [6.45, 7) is 10.9. The third-order valence-electron chi connectivity index (χ3n) is 4.29. The van der Waals surface area contributed by atoms with Gasteiger partial charge in [0.25, 0.3) is 5.91 Å². The summed E-state index contributed by atoms with van der Waals surface area (Å²) in [5.41, 5.74) is 1.13. The molecule has 2 atom stereocenters. The summed E-state index contributed by atoms with van der Waals surface area (Å²) in [7, 11) is -1.93. The summed E-state index contributed by atoms with van der Waals surface area (Å²) in [6, 6.07) is 8.21. The molecule has 1 saturated heterocycles. The van der Waals surface area contributed by atoms with E-state index in [-0.39, 0.29) is 23.1 Å².